The molecule has 11 heavy (non-hydrogen) atoms. The van der Waals surface area contributed by atoms with Crippen molar-refractivity contribution < 1.29 is 0 Å². The molecule has 0 bridgehead atoms. The number of hydrogen-bond acceptors (Lipinski definition) is 0. The summed E-state index contributed by atoms with van der Waals surface area (Å²) in [5.74, 6) is 0. The van der Waals surface area contributed by atoms with Crippen molar-refractivity contribution in [2.75, 3.05) is 0 Å². The van der Waals surface area contributed by atoms with Crippen LogP contribution in [-0.4, -0.2) is 0 Å². The minimum Gasteiger partial charge on any atom is -0.0875 e. The van der Waals surface area contributed by atoms with E-state index in [0.717, 1.165) is 5.33 Å². The van der Waals surface area contributed by atoms with Crippen LogP contribution in [0.5, 0.6) is 0 Å². The topological polar surface area (TPSA) is 0 Å². The van der Waals surface area contributed by atoms with Gasteiger partial charge in [-0.3, -0.25) is 0 Å². The number of halogens is 4. The van der Waals surface area contributed by atoms with Crippen molar-refractivity contribution in [1.82, 2.24) is 0 Å². The molecule has 0 aromatic heterocycles. The fourth-order valence-corrected chi connectivity index (χ4v) is 6.32. The molecule has 1 aromatic rings. The van der Waals surface area contributed by atoms with Crippen LogP contribution < -0.4 is 0 Å². The van der Waals surface area contributed by atoms with Crippen LogP contribution in [0.15, 0.2) is 12.1 Å². The van der Waals surface area contributed by atoms with Gasteiger partial charge in [-0.25, -0.2) is 0 Å². The maximum absolute atomic E-state index is 3.47. The Morgan fingerprint density at radius 2 is 1.55 bits per heavy atom. The van der Waals surface area contributed by atoms with Gasteiger partial charge in [-0.05, 0) is 85.5 Å². The first-order valence-electron chi connectivity index (χ1n) is 2.84. The van der Waals surface area contributed by atoms with Crippen molar-refractivity contribution in [3.8, 4) is 0 Å². The molecule has 0 aliphatic heterocycles. The van der Waals surface area contributed by atoms with Gasteiger partial charge in [-0.1, -0.05) is 15.9 Å². The highest BCUT2D eigenvalue weighted by Gasteiger charge is 2.03. The summed E-state index contributed by atoms with van der Waals surface area (Å²) < 4.78 is 3.99. The molecule has 0 amide bonds. The first-order valence-corrected chi connectivity index (χ1v) is 7.20. The van der Waals surface area contributed by atoms with Gasteiger partial charge in [0.05, 0.1) is 0 Å². The van der Waals surface area contributed by atoms with E-state index >= 15 is 0 Å². The Hall–Kier alpha value is 1.89. The van der Waals surface area contributed by atoms with Crippen LogP contribution in [0, 0.1) is 10.7 Å². The monoisotopic (exact) mass is 548 g/mol. The van der Waals surface area contributed by atoms with E-state index in [1.807, 2.05) is 0 Å². The molecule has 0 spiro atoms. The number of alkyl halides is 1. The van der Waals surface area contributed by atoms with E-state index in [4.69, 9.17) is 0 Å². The highest BCUT2D eigenvalue weighted by Crippen LogP contribution is 2.24. The van der Waals surface area contributed by atoms with E-state index in [9.17, 15) is 0 Å². The van der Waals surface area contributed by atoms with Crippen LogP contribution >= 0.6 is 83.7 Å². The van der Waals surface area contributed by atoms with Crippen LogP contribution in [0.1, 0.15) is 5.56 Å². The third kappa shape index (κ3) is 2.94. The van der Waals surface area contributed by atoms with Gasteiger partial charge in [-0.15, -0.1) is 0 Å². The largest absolute Gasteiger partial charge is 0.0875 e. The summed E-state index contributed by atoms with van der Waals surface area (Å²) >= 11 is 10.6. The van der Waals surface area contributed by atoms with E-state index in [-0.39, 0.29) is 0 Å². The summed E-state index contributed by atoms with van der Waals surface area (Å²) in [6, 6.07) is 4.39. The molecule has 0 heterocycles. The fraction of sp³-hybridized carbons (Fsp3) is 0.143. The highest BCUT2D eigenvalue weighted by atomic mass is 127. The number of benzene rings is 1. The average molecular weight is 549 g/mol. The second-order valence-electron chi connectivity index (χ2n) is 1.98. The quantitative estimate of drug-likeness (QED) is 0.361. The predicted molar refractivity (Wildman–Crippen MR) is 77.2 cm³/mol. The molecule has 0 unspecified atom stereocenters. The molecule has 0 aliphatic carbocycles. The van der Waals surface area contributed by atoms with Gasteiger partial charge >= 0.3 is 0 Å². The summed E-state index contributed by atoms with van der Waals surface area (Å²) in [5.41, 5.74) is 1.40. The molecule has 0 radical (unpaired) electrons. The van der Waals surface area contributed by atoms with Crippen molar-refractivity contribution in [3.05, 3.63) is 28.4 Å². The highest BCUT2D eigenvalue weighted by molar-refractivity contribution is 14.1. The molecular formula is C7H4BrI3. The third-order valence-electron chi connectivity index (χ3n) is 1.24. The maximum atomic E-state index is 3.47. The van der Waals surface area contributed by atoms with Crippen LogP contribution in [0.3, 0.4) is 0 Å². The molecule has 0 atom stereocenters. The molecule has 0 saturated carbocycles. The van der Waals surface area contributed by atoms with Gasteiger partial charge < -0.3 is 0 Å². The van der Waals surface area contributed by atoms with Crippen LogP contribution in [0.25, 0.3) is 0 Å². The molecule has 1 rings (SSSR count). The van der Waals surface area contributed by atoms with E-state index in [1.165, 1.54) is 16.3 Å². The second kappa shape index (κ2) is 4.94. The van der Waals surface area contributed by atoms with E-state index in [0.29, 0.717) is 0 Å². The maximum Gasteiger partial charge on any atom is 0.0304 e. The lowest BCUT2D eigenvalue weighted by Crippen LogP contribution is -1.90. The summed E-state index contributed by atoms with van der Waals surface area (Å²) in [6.07, 6.45) is 0. The Kier molecular flexibility index (Phi) is 4.93. The molecule has 4 heteroatoms. The van der Waals surface area contributed by atoms with E-state index < -0.39 is 0 Å². The molecule has 0 N–H and O–H groups in total. The predicted octanol–water partition coefficient (Wildman–Crippen LogP) is 4.40. The third-order valence-corrected chi connectivity index (χ3v) is 4.35. The molecule has 0 fully saturated rings. The Bertz CT molecular complexity index is 249. The SMILES string of the molecule is BrCc1c(I)cc(I)cc1I. The van der Waals surface area contributed by atoms with Crippen molar-refractivity contribution in [2.45, 2.75) is 5.33 Å². The molecule has 0 nitrogen and oxygen atoms in total. The second-order valence-corrected chi connectivity index (χ2v) is 6.11. The lowest BCUT2D eigenvalue weighted by molar-refractivity contribution is 1.34. The van der Waals surface area contributed by atoms with Gasteiger partial charge in [0.15, 0.2) is 0 Å². The minimum atomic E-state index is 0.945. The first-order chi connectivity index (χ1) is 5.15. The molecular weight excluding hydrogens is 545 g/mol. The normalized spacial score (nSPS) is 10.2. The number of hydrogen-bond donors (Lipinski definition) is 0. The Balaban J connectivity index is 3.25. The zero-order valence-corrected chi connectivity index (χ0v) is 13.4. The zero-order valence-electron chi connectivity index (χ0n) is 5.37. The van der Waals surface area contributed by atoms with Gasteiger partial charge in [0, 0.05) is 16.0 Å². The molecule has 1 aromatic carbocycles. The standard InChI is InChI=1S/C7H4BrI3/c8-3-5-6(10)1-4(9)2-7(5)11/h1-2H,3H2. The summed E-state index contributed by atoms with van der Waals surface area (Å²) in [4.78, 5) is 0. The van der Waals surface area contributed by atoms with Gasteiger partial charge in [-0.2, -0.15) is 0 Å². The van der Waals surface area contributed by atoms with E-state index in [1.54, 1.807) is 0 Å². The van der Waals surface area contributed by atoms with E-state index in [2.05, 4.69) is 95.8 Å². The lowest BCUT2D eigenvalue weighted by atomic mass is 10.2. The zero-order chi connectivity index (χ0) is 8.43. The summed E-state index contributed by atoms with van der Waals surface area (Å²) in [6.45, 7) is 0. The Labute approximate surface area is 115 Å². The first kappa shape index (κ1) is 11.0. The molecule has 0 aliphatic rings. The fourth-order valence-electron chi connectivity index (χ4n) is 0.700. The van der Waals surface area contributed by atoms with Crippen LogP contribution in [-0.2, 0) is 5.33 Å². The molecule has 60 valence electrons. The van der Waals surface area contributed by atoms with Crippen molar-refractivity contribution in [1.29, 1.82) is 0 Å². The smallest absolute Gasteiger partial charge is 0.0304 e. The van der Waals surface area contributed by atoms with Crippen LogP contribution in [0.4, 0.5) is 0 Å². The van der Waals surface area contributed by atoms with Crippen molar-refractivity contribution in [2.24, 2.45) is 0 Å². The lowest BCUT2D eigenvalue weighted by Gasteiger charge is -2.03. The summed E-state index contributed by atoms with van der Waals surface area (Å²) in [5, 5.41) is 0.945. The Morgan fingerprint density at radius 1 is 1.09 bits per heavy atom. The van der Waals surface area contributed by atoms with Crippen molar-refractivity contribution >= 4 is 83.7 Å². The Morgan fingerprint density at radius 3 is 1.91 bits per heavy atom. The van der Waals surface area contributed by atoms with Gasteiger partial charge in [0.2, 0.25) is 0 Å². The average Bonchev–Trinajstić information content (AvgIpc) is 1.85. The van der Waals surface area contributed by atoms with Crippen molar-refractivity contribution in [3.63, 3.8) is 0 Å². The number of rotatable bonds is 1. The minimum absolute atomic E-state index is 0.945. The molecule has 0 saturated heterocycles. The van der Waals surface area contributed by atoms with Crippen LogP contribution in [0.2, 0.25) is 0 Å². The summed E-state index contributed by atoms with van der Waals surface area (Å²) in [7, 11) is 0. The van der Waals surface area contributed by atoms with Gasteiger partial charge in [0.25, 0.3) is 0 Å². The van der Waals surface area contributed by atoms with Gasteiger partial charge in [0.1, 0.15) is 0 Å².